The number of nitrogens with zero attached hydrogens (tertiary/aromatic N) is 3. The van der Waals surface area contributed by atoms with E-state index in [1.165, 1.54) is 11.7 Å². The highest BCUT2D eigenvalue weighted by Crippen LogP contribution is 2.35. The van der Waals surface area contributed by atoms with Crippen molar-refractivity contribution in [3.8, 4) is 5.75 Å². The predicted molar refractivity (Wildman–Crippen MR) is 88.0 cm³/mol. The summed E-state index contributed by atoms with van der Waals surface area (Å²) in [5, 5.41) is 9.46. The Bertz CT molecular complexity index is 800. The summed E-state index contributed by atoms with van der Waals surface area (Å²) in [6, 6.07) is 6.75. The third kappa shape index (κ3) is 2.84. The number of methoxy groups -OCH3 is 1. The average molecular weight is 329 g/mol. The molecule has 7 heteroatoms. The standard InChI is InChI=1S/C17H19N3O4/c1-19-8-7-18-15(16(19)22)20-9-13(14(10-20)17(23)24-2)11-3-5-12(21)6-4-11/h3-8,13-14,21H,9-10H2,1-2H3/t13-,14+/m0/s1. The molecule has 2 aromatic rings. The molecule has 1 N–H and O–H groups in total. The lowest BCUT2D eigenvalue weighted by molar-refractivity contribution is -0.145. The number of phenolic OH excluding ortho intramolecular Hbond substituents is 1. The Kier molecular flexibility index (Phi) is 4.24. The van der Waals surface area contributed by atoms with Crippen molar-refractivity contribution in [2.24, 2.45) is 13.0 Å². The Hall–Kier alpha value is -2.83. The van der Waals surface area contributed by atoms with Gasteiger partial charge < -0.3 is 19.3 Å². The number of ether oxygens (including phenoxy) is 1. The van der Waals surface area contributed by atoms with Gasteiger partial charge in [0.25, 0.3) is 5.56 Å². The first-order valence-electron chi connectivity index (χ1n) is 7.64. The molecular formula is C17H19N3O4. The molecule has 24 heavy (non-hydrogen) atoms. The lowest BCUT2D eigenvalue weighted by Crippen LogP contribution is -2.31. The van der Waals surface area contributed by atoms with Crippen LogP contribution in [0.15, 0.2) is 41.5 Å². The molecule has 1 aromatic carbocycles. The van der Waals surface area contributed by atoms with Gasteiger partial charge in [0.1, 0.15) is 5.75 Å². The van der Waals surface area contributed by atoms with E-state index in [9.17, 15) is 14.7 Å². The zero-order valence-electron chi connectivity index (χ0n) is 13.5. The highest BCUT2D eigenvalue weighted by molar-refractivity contribution is 5.75. The van der Waals surface area contributed by atoms with E-state index in [1.807, 2.05) is 4.90 Å². The molecule has 7 nitrogen and oxygen atoms in total. The first kappa shape index (κ1) is 16.0. The van der Waals surface area contributed by atoms with E-state index in [-0.39, 0.29) is 23.2 Å². The van der Waals surface area contributed by atoms with Crippen LogP contribution in [0.4, 0.5) is 5.82 Å². The maximum Gasteiger partial charge on any atom is 0.311 e. The van der Waals surface area contributed by atoms with Crippen molar-refractivity contribution in [2.75, 3.05) is 25.1 Å². The molecule has 0 amide bonds. The molecule has 0 spiro atoms. The molecule has 1 saturated heterocycles. The summed E-state index contributed by atoms with van der Waals surface area (Å²) in [5.41, 5.74) is 0.714. The molecule has 0 radical (unpaired) electrons. The van der Waals surface area contributed by atoms with Crippen LogP contribution in [0.25, 0.3) is 0 Å². The Morgan fingerprint density at radius 1 is 1.29 bits per heavy atom. The van der Waals surface area contributed by atoms with Crippen LogP contribution in [0.2, 0.25) is 0 Å². The van der Waals surface area contributed by atoms with Gasteiger partial charge in [-0.3, -0.25) is 9.59 Å². The normalized spacial score (nSPS) is 20.2. The molecule has 1 aromatic heterocycles. The summed E-state index contributed by atoms with van der Waals surface area (Å²) >= 11 is 0. The topological polar surface area (TPSA) is 84.7 Å². The van der Waals surface area contributed by atoms with E-state index in [1.54, 1.807) is 43.7 Å². The molecule has 1 aliphatic heterocycles. The van der Waals surface area contributed by atoms with E-state index in [0.29, 0.717) is 18.9 Å². The number of aromatic hydroxyl groups is 1. The van der Waals surface area contributed by atoms with Crippen molar-refractivity contribution >= 4 is 11.8 Å². The maximum absolute atomic E-state index is 12.3. The van der Waals surface area contributed by atoms with Gasteiger partial charge in [-0.2, -0.15) is 0 Å². The number of esters is 1. The fourth-order valence-electron chi connectivity index (χ4n) is 3.13. The molecule has 1 fully saturated rings. The van der Waals surface area contributed by atoms with E-state index in [4.69, 9.17) is 4.74 Å². The molecule has 2 atom stereocenters. The molecular weight excluding hydrogens is 310 g/mol. The van der Waals surface area contributed by atoms with Crippen LogP contribution in [0, 0.1) is 5.92 Å². The molecule has 1 aliphatic rings. The van der Waals surface area contributed by atoms with Crippen LogP contribution in [-0.4, -0.2) is 40.8 Å². The Morgan fingerprint density at radius 3 is 2.67 bits per heavy atom. The van der Waals surface area contributed by atoms with Gasteiger partial charge in [0.2, 0.25) is 0 Å². The van der Waals surface area contributed by atoms with Crippen LogP contribution in [0.1, 0.15) is 11.5 Å². The second-order valence-electron chi connectivity index (χ2n) is 5.90. The smallest absolute Gasteiger partial charge is 0.311 e. The number of carbonyl (C=O) groups excluding carboxylic acids is 1. The summed E-state index contributed by atoms with van der Waals surface area (Å²) in [6.07, 6.45) is 3.16. The van der Waals surface area contributed by atoms with Gasteiger partial charge in [0.05, 0.1) is 13.0 Å². The van der Waals surface area contributed by atoms with Crippen molar-refractivity contribution in [1.82, 2.24) is 9.55 Å². The molecule has 3 rings (SSSR count). The molecule has 0 aliphatic carbocycles. The largest absolute Gasteiger partial charge is 0.508 e. The minimum absolute atomic E-state index is 0.134. The Labute approximate surface area is 139 Å². The highest BCUT2D eigenvalue weighted by Gasteiger charge is 2.40. The minimum Gasteiger partial charge on any atom is -0.508 e. The molecule has 0 bridgehead atoms. The monoisotopic (exact) mass is 329 g/mol. The third-order valence-corrected chi connectivity index (χ3v) is 4.44. The fraction of sp³-hybridized carbons (Fsp3) is 0.353. The van der Waals surface area contributed by atoms with Crippen molar-refractivity contribution in [3.63, 3.8) is 0 Å². The van der Waals surface area contributed by atoms with E-state index in [0.717, 1.165) is 5.56 Å². The second kappa shape index (κ2) is 6.35. The van der Waals surface area contributed by atoms with Crippen LogP contribution in [-0.2, 0) is 16.6 Å². The first-order chi connectivity index (χ1) is 11.5. The van der Waals surface area contributed by atoms with Crippen molar-refractivity contribution < 1.29 is 14.6 Å². The Morgan fingerprint density at radius 2 is 2.00 bits per heavy atom. The lowest BCUT2D eigenvalue weighted by atomic mass is 9.89. The van der Waals surface area contributed by atoms with Gasteiger partial charge in [-0.15, -0.1) is 0 Å². The number of aryl methyl sites for hydroxylation is 1. The van der Waals surface area contributed by atoms with Crippen LogP contribution < -0.4 is 10.5 Å². The summed E-state index contributed by atoms with van der Waals surface area (Å²) in [5.74, 6) is -0.351. The lowest BCUT2D eigenvalue weighted by Gasteiger charge is -2.17. The number of hydrogen-bond donors (Lipinski definition) is 1. The van der Waals surface area contributed by atoms with Gasteiger partial charge in [-0.05, 0) is 17.7 Å². The van der Waals surface area contributed by atoms with E-state index >= 15 is 0 Å². The highest BCUT2D eigenvalue weighted by atomic mass is 16.5. The minimum atomic E-state index is -0.397. The number of anilines is 1. The van der Waals surface area contributed by atoms with Crippen molar-refractivity contribution in [3.05, 3.63) is 52.6 Å². The number of hydrogen-bond acceptors (Lipinski definition) is 6. The Balaban J connectivity index is 1.96. The van der Waals surface area contributed by atoms with Gasteiger partial charge in [-0.1, -0.05) is 12.1 Å². The summed E-state index contributed by atoms with van der Waals surface area (Å²) in [6.45, 7) is 0.848. The zero-order chi connectivity index (χ0) is 17.3. The van der Waals surface area contributed by atoms with Gasteiger partial charge in [-0.25, -0.2) is 4.98 Å². The first-order valence-corrected chi connectivity index (χ1v) is 7.64. The molecule has 126 valence electrons. The molecule has 0 unspecified atom stereocenters. The van der Waals surface area contributed by atoms with Crippen molar-refractivity contribution in [1.29, 1.82) is 0 Å². The van der Waals surface area contributed by atoms with Gasteiger partial charge in [0.15, 0.2) is 5.82 Å². The number of carbonyl (C=O) groups is 1. The molecule has 2 heterocycles. The zero-order valence-corrected chi connectivity index (χ0v) is 13.5. The number of phenols is 1. The average Bonchev–Trinajstić information content (AvgIpc) is 3.02. The number of aromatic nitrogens is 2. The SMILES string of the molecule is COC(=O)[C@@H]1CN(c2nccn(C)c2=O)C[C@H]1c1ccc(O)cc1. The van der Waals surface area contributed by atoms with Gasteiger partial charge >= 0.3 is 5.97 Å². The fourth-order valence-corrected chi connectivity index (χ4v) is 3.13. The number of benzene rings is 1. The van der Waals surface area contributed by atoms with Crippen LogP contribution in [0.3, 0.4) is 0 Å². The third-order valence-electron chi connectivity index (χ3n) is 4.44. The van der Waals surface area contributed by atoms with E-state index < -0.39 is 5.92 Å². The maximum atomic E-state index is 12.3. The quantitative estimate of drug-likeness (QED) is 0.842. The van der Waals surface area contributed by atoms with Crippen molar-refractivity contribution in [2.45, 2.75) is 5.92 Å². The predicted octanol–water partition coefficient (Wildman–Crippen LogP) is 0.879. The molecule has 0 saturated carbocycles. The van der Waals surface area contributed by atoms with Crippen LogP contribution >= 0.6 is 0 Å². The van der Waals surface area contributed by atoms with Gasteiger partial charge in [0, 0.05) is 38.4 Å². The summed E-state index contributed by atoms with van der Waals surface area (Å²) < 4.78 is 6.39. The van der Waals surface area contributed by atoms with Crippen LogP contribution in [0.5, 0.6) is 5.75 Å². The summed E-state index contributed by atoms with van der Waals surface area (Å²) in [7, 11) is 3.03. The summed E-state index contributed by atoms with van der Waals surface area (Å²) in [4.78, 5) is 30.5. The number of rotatable bonds is 3. The van der Waals surface area contributed by atoms with E-state index in [2.05, 4.69) is 4.98 Å². The second-order valence-corrected chi connectivity index (χ2v) is 5.90.